The summed E-state index contributed by atoms with van der Waals surface area (Å²) in [5, 5.41) is 18.3. The normalized spacial score (nSPS) is 15.4. The van der Waals surface area contributed by atoms with Gasteiger partial charge in [0.05, 0.1) is 41.3 Å². The molecule has 2 heterocycles. The summed E-state index contributed by atoms with van der Waals surface area (Å²) in [5.74, 6) is 0.0824. The van der Waals surface area contributed by atoms with E-state index in [1.54, 1.807) is 36.5 Å². The summed E-state index contributed by atoms with van der Waals surface area (Å²) in [5.41, 5.74) is 11.3. The van der Waals surface area contributed by atoms with E-state index >= 15 is 0 Å². The largest absolute Gasteiger partial charge is 0.478 e. The van der Waals surface area contributed by atoms with Gasteiger partial charge in [-0.25, -0.2) is 9.78 Å². The zero-order chi connectivity index (χ0) is 32.2. The molecule has 228 valence electrons. The van der Waals surface area contributed by atoms with E-state index in [0.717, 1.165) is 46.2 Å². The summed E-state index contributed by atoms with van der Waals surface area (Å²) in [6.07, 6.45) is 2.21. The first kappa shape index (κ1) is 32.7. The molecule has 0 amide bonds. The number of nitrogens with two attached hydrogens (primary N) is 1. The number of nitriles is 1. The average molecular weight is 619 g/mol. The highest BCUT2D eigenvalue weighted by Gasteiger charge is 2.22. The van der Waals surface area contributed by atoms with Gasteiger partial charge >= 0.3 is 5.97 Å². The molecule has 5 aromatic rings. The highest BCUT2D eigenvalue weighted by atomic mass is 35.5. The van der Waals surface area contributed by atoms with Crippen molar-refractivity contribution in [2.45, 2.75) is 26.1 Å². The van der Waals surface area contributed by atoms with Crippen LogP contribution in [0.15, 0.2) is 121 Å². The number of morpholine rings is 1. The number of ether oxygens (including phenoxy) is 1. The van der Waals surface area contributed by atoms with Crippen LogP contribution in [-0.4, -0.2) is 41.4 Å². The zero-order valence-corrected chi connectivity index (χ0v) is 25.9. The molecule has 2 unspecified atom stereocenters. The Hall–Kier alpha value is -5.16. The average Bonchev–Trinajstić information content (AvgIpc) is 3.06. The number of rotatable bonds is 4. The first-order chi connectivity index (χ1) is 21.7. The van der Waals surface area contributed by atoms with Crippen LogP contribution < -0.4 is 10.6 Å². The van der Waals surface area contributed by atoms with Gasteiger partial charge in [0.25, 0.3) is 0 Å². The second kappa shape index (κ2) is 16.1. The molecule has 1 aromatic heterocycles. The van der Waals surface area contributed by atoms with E-state index in [1.807, 2.05) is 84.9 Å². The summed E-state index contributed by atoms with van der Waals surface area (Å²) in [6.45, 7) is 5.95. The third-order valence-electron chi connectivity index (χ3n) is 6.93. The van der Waals surface area contributed by atoms with Crippen LogP contribution in [0.25, 0.3) is 22.3 Å². The topological polar surface area (TPSA) is 112 Å². The second-order valence-corrected chi connectivity index (χ2v) is 10.9. The Morgan fingerprint density at radius 3 is 2.11 bits per heavy atom. The number of hydrogen-bond acceptors (Lipinski definition) is 6. The molecule has 1 aliphatic rings. The Labute approximate surface area is 269 Å². The Morgan fingerprint density at radius 1 is 0.867 bits per heavy atom. The van der Waals surface area contributed by atoms with Crippen LogP contribution in [0.5, 0.6) is 0 Å². The van der Waals surface area contributed by atoms with Crippen LogP contribution in [0.2, 0.25) is 5.02 Å². The zero-order valence-electron chi connectivity index (χ0n) is 25.2. The number of carboxylic acids is 1. The number of aromatic carboxylic acids is 1. The minimum Gasteiger partial charge on any atom is -0.478 e. The van der Waals surface area contributed by atoms with E-state index in [2.05, 4.69) is 29.8 Å². The summed E-state index contributed by atoms with van der Waals surface area (Å²) in [4.78, 5) is 17.3. The van der Waals surface area contributed by atoms with Gasteiger partial charge in [-0.15, -0.1) is 0 Å². The van der Waals surface area contributed by atoms with Crippen molar-refractivity contribution in [3.8, 4) is 28.3 Å². The highest BCUT2D eigenvalue weighted by Crippen LogP contribution is 2.27. The lowest BCUT2D eigenvalue weighted by Crippen LogP contribution is -2.45. The number of carboxylic acid groups (broad SMARTS) is 1. The number of anilines is 2. The predicted molar refractivity (Wildman–Crippen MR) is 181 cm³/mol. The molecule has 0 radical (unpaired) electrons. The molecule has 1 fully saturated rings. The molecule has 4 aromatic carbocycles. The van der Waals surface area contributed by atoms with Crippen LogP contribution in [0, 0.1) is 11.3 Å². The summed E-state index contributed by atoms with van der Waals surface area (Å²) in [7, 11) is 0. The van der Waals surface area contributed by atoms with Crippen molar-refractivity contribution in [3.63, 3.8) is 0 Å². The van der Waals surface area contributed by atoms with Gasteiger partial charge in [0.2, 0.25) is 0 Å². The van der Waals surface area contributed by atoms with Gasteiger partial charge < -0.3 is 20.5 Å². The van der Waals surface area contributed by atoms with Crippen LogP contribution in [0.1, 0.15) is 29.8 Å². The molecule has 6 rings (SSSR count). The summed E-state index contributed by atoms with van der Waals surface area (Å²) < 4.78 is 5.67. The predicted octanol–water partition coefficient (Wildman–Crippen LogP) is 8.21. The minimum absolute atomic E-state index is 0.258. The van der Waals surface area contributed by atoms with Crippen LogP contribution in [0.3, 0.4) is 0 Å². The number of halogens is 1. The molecule has 2 atom stereocenters. The van der Waals surface area contributed by atoms with Gasteiger partial charge in [0.1, 0.15) is 5.82 Å². The lowest BCUT2D eigenvalue weighted by atomic mass is 10.0. The molecule has 0 bridgehead atoms. The maximum atomic E-state index is 10.8. The number of carbonyl (C=O) groups is 1. The van der Waals surface area contributed by atoms with E-state index in [0.29, 0.717) is 16.8 Å². The maximum absolute atomic E-state index is 10.8. The second-order valence-electron chi connectivity index (χ2n) is 10.5. The summed E-state index contributed by atoms with van der Waals surface area (Å²) >= 11 is 6.07. The van der Waals surface area contributed by atoms with E-state index < -0.39 is 5.97 Å². The lowest BCUT2D eigenvalue weighted by molar-refractivity contribution is -0.00546. The molecule has 7 nitrogen and oxygen atoms in total. The maximum Gasteiger partial charge on any atom is 0.335 e. The molecule has 1 aliphatic heterocycles. The minimum atomic E-state index is -0.896. The fourth-order valence-corrected chi connectivity index (χ4v) is 5.08. The third-order valence-corrected chi connectivity index (χ3v) is 7.26. The Kier molecular flexibility index (Phi) is 11.7. The number of nitrogens with zero attached hydrogens (tertiary/aromatic N) is 3. The number of nitrogen functional groups attached to an aromatic ring is 1. The monoisotopic (exact) mass is 618 g/mol. The fourth-order valence-electron chi connectivity index (χ4n) is 4.83. The molecule has 0 aliphatic carbocycles. The van der Waals surface area contributed by atoms with Crippen LogP contribution >= 0.6 is 11.6 Å². The van der Waals surface area contributed by atoms with Gasteiger partial charge in [0.15, 0.2) is 0 Å². The molecule has 3 N–H and O–H groups in total. The molecular formula is C37H35ClN4O3. The van der Waals surface area contributed by atoms with E-state index in [4.69, 9.17) is 32.4 Å². The van der Waals surface area contributed by atoms with Crippen molar-refractivity contribution in [2.75, 3.05) is 23.7 Å². The van der Waals surface area contributed by atoms with Crippen LogP contribution in [0.4, 0.5) is 11.5 Å². The SMILES string of the molecule is CC1CN(c2ccc(N)cn2)CC(C)O1.N#Cc1ccc(-c2ccccc2Cl)cc1.O=C(O)c1cccc(-c2ccccc2)c1. The molecule has 1 saturated heterocycles. The van der Waals surface area contributed by atoms with Crippen molar-refractivity contribution in [1.29, 1.82) is 5.26 Å². The Morgan fingerprint density at radius 2 is 1.51 bits per heavy atom. The van der Waals surface area contributed by atoms with Crippen LogP contribution in [-0.2, 0) is 4.74 Å². The van der Waals surface area contributed by atoms with E-state index in [1.165, 1.54) is 0 Å². The molecule has 0 saturated carbocycles. The highest BCUT2D eigenvalue weighted by molar-refractivity contribution is 6.33. The van der Waals surface area contributed by atoms with Gasteiger partial charge in [-0.1, -0.05) is 84.4 Å². The summed E-state index contributed by atoms with van der Waals surface area (Å²) in [6, 6.07) is 37.6. The standard InChI is InChI=1S/C13H8ClN.C13H10O2.C11H17N3O/c14-13-4-2-1-3-12(13)11-7-5-10(9-15)6-8-11;14-13(15)12-8-4-7-11(9-12)10-5-2-1-3-6-10;1-8-6-14(7-9(2)15-8)11-4-3-10(12)5-13-11/h1-8H;1-9H,(H,14,15);3-5,8-9H,6-7,12H2,1-2H3. The van der Waals surface area contributed by atoms with Gasteiger partial charge in [0, 0.05) is 23.7 Å². The van der Waals surface area contributed by atoms with Gasteiger partial charge in [-0.3, -0.25) is 0 Å². The van der Waals surface area contributed by atoms with E-state index in [-0.39, 0.29) is 12.2 Å². The third kappa shape index (κ3) is 9.67. The Bertz CT molecular complexity index is 1710. The van der Waals surface area contributed by atoms with Crippen molar-refractivity contribution in [3.05, 3.63) is 138 Å². The number of hydrogen-bond donors (Lipinski definition) is 2. The Balaban J connectivity index is 0.000000154. The van der Waals surface area contributed by atoms with E-state index in [9.17, 15) is 4.79 Å². The van der Waals surface area contributed by atoms with Gasteiger partial charge in [-0.2, -0.15) is 5.26 Å². The molecule has 45 heavy (non-hydrogen) atoms. The van der Waals surface area contributed by atoms with Crippen molar-refractivity contribution in [1.82, 2.24) is 4.98 Å². The first-order valence-corrected chi connectivity index (χ1v) is 14.9. The van der Waals surface area contributed by atoms with Gasteiger partial charge in [-0.05, 0) is 73.0 Å². The molecule has 8 heteroatoms. The molecular weight excluding hydrogens is 584 g/mol. The first-order valence-electron chi connectivity index (χ1n) is 14.5. The van der Waals surface area contributed by atoms with Crippen molar-refractivity contribution < 1.29 is 14.6 Å². The smallest absolute Gasteiger partial charge is 0.335 e. The number of aromatic nitrogens is 1. The number of pyridine rings is 1. The number of benzene rings is 4. The van der Waals surface area contributed by atoms with Crippen molar-refractivity contribution >= 4 is 29.1 Å². The quantitative estimate of drug-likeness (QED) is 0.209. The lowest BCUT2D eigenvalue weighted by Gasteiger charge is -2.36. The van der Waals surface area contributed by atoms with Crippen molar-refractivity contribution in [2.24, 2.45) is 0 Å². The molecule has 0 spiro atoms. The fraction of sp³-hybridized carbons (Fsp3) is 0.162.